The average Bonchev–Trinajstić information content (AvgIpc) is 2.87. The molecule has 1 fully saturated rings. The third-order valence-electron chi connectivity index (χ3n) is 3.36. The van der Waals surface area contributed by atoms with E-state index in [1.807, 2.05) is 11.0 Å². The van der Waals surface area contributed by atoms with Crippen LogP contribution in [0.25, 0.3) is 0 Å². The van der Waals surface area contributed by atoms with Crippen molar-refractivity contribution in [2.75, 3.05) is 13.1 Å². The molecule has 1 aromatic heterocycles. The zero-order valence-electron chi connectivity index (χ0n) is 10.3. The maximum absolute atomic E-state index is 4.19. The Bertz CT molecular complexity index is 294. The summed E-state index contributed by atoms with van der Waals surface area (Å²) in [6.07, 6.45) is 7.37. The highest BCUT2D eigenvalue weighted by molar-refractivity contribution is 4.79. The van der Waals surface area contributed by atoms with Crippen molar-refractivity contribution in [1.82, 2.24) is 19.7 Å². The maximum atomic E-state index is 4.19. The average molecular weight is 222 g/mol. The standard InChI is InChI=1S/C12H22N4/c1-11(2)5-7-15-6-3-4-12(15)8-16-10-13-9-14-16/h9-12H,3-8H2,1-2H3. The highest BCUT2D eigenvalue weighted by Gasteiger charge is 2.24. The van der Waals surface area contributed by atoms with Gasteiger partial charge < -0.3 is 0 Å². The van der Waals surface area contributed by atoms with Gasteiger partial charge in [0.1, 0.15) is 12.7 Å². The van der Waals surface area contributed by atoms with Crippen molar-refractivity contribution in [3.05, 3.63) is 12.7 Å². The molecule has 4 heteroatoms. The minimum absolute atomic E-state index is 0.667. The Morgan fingerprint density at radius 1 is 1.44 bits per heavy atom. The predicted octanol–water partition coefficient (Wildman–Crippen LogP) is 1.79. The van der Waals surface area contributed by atoms with Gasteiger partial charge in [0.25, 0.3) is 0 Å². The van der Waals surface area contributed by atoms with E-state index in [0.29, 0.717) is 6.04 Å². The Morgan fingerprint density at radius 2 is 2.31 bits per heavy atom. The molecule has 90 valence electrons. The zero-order valence-corrected chi connectivity index (χ0v) is 10.3. The fraction of sp³-hybridized carbons (Fsp3) is 0.833. The van der Waals surface area contributed by atoms with Gasteiger partial charge in [0, 0.05) is 6.04 Å². The molecule has 1 aromatic rings. The quantitative estimate of drug-likeness (QED) is 0.761. The lowest BCUT2D eigenvalue weighted by atomic mass is 10.1. The van der Waals surface area contributed by atoms with Crippen LogP contribution in [0.3, 0.4) is 0 Å². The first kappa shape index (κ1) is 11.6. The van der Waals surface area contributed by atoms with Crippen molar-refractivity contribution in [2.24, 2.45) is 5.92 Å². The smallest absolute Gasteiger partial charge is 0.137 e. The Kier molecular flexibility index (Phi) is 3.93. The number of aromatic nitrogens is 3. The second-order valence-electron chi connectivity index (χ2n) is 5.13. The lowest BCUT2D eigenvalue weighted by Gasteiger charge is -2.24. The summed E-state index contributed by atoms with van der Waals surface area (Å²) in [6.45, 7) is 8.08. The second kappa shape index (κ2) is 5.43. The predicted molar refractivity (Wildman–Crippen MR) is 64.1 cm³/mol. The molecule has 1 unspecified atom stereocenters. The summed E-state index contributed by atoms with van der Waals surface area (Å²) in [5, 5.41) is 4.19. The van der Waals surface area contributed by atoms with E-state index in [1.54, 1.807) is 6.33 Å². The van der Waals surface area contributed by atoms with Gasteiger partial charge in [-0.05, 0) is 38.3 Å². The number of hydrogen-bond donors (Lipinski definition) is 0. The highest BCUT2D eigenvalue weighted by Crippen LogP contribution is 2.19. The van der Waals surface area contributed by atoms with E-state index in [0.717, 1.165) is 12.5 Å². The van der Waals surface area contributed by atoms with Gasteiger partial charge in [0.05, 0.1) is 6.54 Å². The van der Waals surface area contributed by atoms with E-state index in [-0.39, 0.29) is 0 Å². The summed E-state index contributed by atoms with van der Waals surface area (Å²) in [6, 6.07) is 0.667. The molecular weight excluding hydrogens is 200 g/mol. The third kappa shape index (κ3) is 3.04. The van der Waals surface area contributed by atoms with Gasteiger partial charge in [0.2, 0.25) is 0 Å². The molecule has 0 amide bonds. The molecule has 1 saturated heterocycles. The van der Waals surface area contributed by atoms with Gasteiger partial charge in [-0.25, -0.2) is 4.98 Å². The molecule has 0 aromatic carbocycles. The van der Waals surface area contributed by atoms with E-state index in [9.17, 15) is 0 Å². The molecule has 0 aliphatic carbocycles. The first-order valence-electron chi connectivity index (χ1n) is 6.32. The number of hydrogen-bond acceptors (Lipinski definition) is 3. The minimum Gasteiger partial charge on any atom is -0.299 e. The van der Waals surface area contributed by atoms with Crippen molar-refractivity contribution in [2.45, 2.75) is 45.7 Å². The molecule has 0 N–H and O–H groups in total. The molecule has 0 spiro atoms. The molecular formula is C12H22N4. The molecule has 0 saturated carbocycles. The lowest BCUT2D eigenvalue weighted by molar-refractivity contribution is 0.215. The van der Waals surface area contributed by atoms with Crippen LogP contribution in [0.15, 0.2) is 12.7 Å². The number of nitrogens with zero attached hydrogens (tertiary/aromatic N) is 4. The summed E-state index contributed by atoms with van der Waals surface area (Å²) in [5.41, 5.74) is 0. The summed E-state index contributed by atoms with van der Waals surface area (Å²) in [7, 11) is 0. The molecule has 1 aliphatic rings. The van der Waals surface area contributed by atoms with Crippen molar-refractivity contribution >= 4 is 0 Å². The summed E-state index contributed by atoms with van der Waals surface area (Å²) in [4.78, 5) is 6.61. The normalized spacial score (nSPS) is 22.1. The van der Waals surface area contributed by atoms with Crippen LogP contribution in [-0.4, -0.2) is 38.8 Å². The van der Waals surface area contributed by atoms with Crippen molar-refractivity contribution in [3.8, 4) is 0 Å². The minimum atomic E-state index is 0.667. The Labute approximate surface area is 97.7 Å². The summed E-state index contributed by atoms with van der Waals surface area (Å²) < 4.78 is 1.96. The fourth-order valence-electron chi connectivity index (χ4n) is 2.36. The number of rotatable bonds is 5. The van der Waals surface area contributed by atoms with Crippen LogP contribution in [0.2, 0.25) is 0 Å². The first-order chi connectivity index (χ1) is 7.75. The molecule has 4 nitrogen and oxygen atoms in total. The SMILES string of the molecule is CC(C)CCN1CCCC1Cn1cncn1. The van der Waals surface area contributed by atoms with Gasteiger partial charge in [-0.1, -0.05) is 13.8 Å². The van der Waals surface area contributed by atoms with E-state index in [4.69, 9.17) is 0 Å². The van der Waals surface area contributed by atoms with Crippen LogP contribution in [0.5, 0.6) is 0 Å². The van der Waals surface area contributed by atoms with Gasteiger partial charge >= 0.3 is 0 Å². The van der Waals surface area contributed by atoms with Crippen LogP contribution < -0.4 is 0 Å². The van der Waals surface area contributed by atoms with E-state index in [2.05, 4.69) is 28.8 Å². The fourth-order valence-corrected chi connectivity index (χ4v) is 2.36. The van der Waals surface area contributed by atoms with Crippen molar-refractivity contribution in [1.29, 1.82) is 0 Å². The summed E-state index contributed by atoms with van der Waals surface area (Å²) >= 11 is 0. The Hall–Kier alpha value is -0.900. The topological polar surface area (TPSA) is 34.0 Å². The van der Waals surface area contributed by atoms with Crippen LogP contribution in [0, 0.1) is 5.92 Å². The van der Waals surface area contributed by atoms with Crippen LogP contribution in [0.4, 0.5) is 0 Å². The van der Waals surface area contributed by atoms with Gasteiger partial charge in [0.15, 0.2) is 0 Å². The van der Waals surface area contributed by atoms with Crippen molar-refractivity contribution < 1.29 is 0 Å². The highest BCUT2D eigenvalue weighted by atomic mass is 15.3. The van der Waals surface area contributed by atoms with Crippen molar-refractivity contribution in [3.63, 3.8) is 0 Å². The molecule has 0 radical (unpaired) electrons. The lowest BCUT2D eigenvalue weighted by Crippen LogP contribution is -2.34. The first-order valence-corrected chi connectivity index (χ1v) is 6.32. The van der Waals surface area contributed by atoms with Gasteiger partial charge in [-0.3, -0.25) is 9.58 Å². The third-order valence-corrected chi connectivity index (χ3v) is 3.36. The van der Waals surface area contributed by atoms with Crippen LogP contribution >= 0.6 is 0 Å². The largest absolute Gasteiger partial charge is 0.299 e. The molecule has 2 rings (SSSR count). The summed E-state index contributed by atoms with van der Waals surface area (Å²) in [5.74, 6) is 0.799. The second-order valence-corrected chi connectivity index (χ2v) is 5.13. The van der Waals surface area contributed by atoms with Gasteiger partial charge in [-0.15, -0.1) is 0 Å². The van der Waals surface area contributed by atoms with E-state index >= 15 is 0 Å². The van der Waals surface area contributed by atoms with E-state index < -0.39 is 0 Å². The zero-order chi connectivity index (χ0) is 11.4. The number of likely N-dealkylation sites (tertiary alicyclic amines) is 1. The van der Waals surface area contributed by atoms with Gasteiger partial charge in [-0.2, -0.15) is 5.10 Å². The maximum Gasteiger partial charge on any atom is 0.137 e. The van der Waals surface area contributed by atoms with Crippen LogP contribution in [0.1, 0.15) is 33.1 Å². The molecule has 1 atom stereocenters. The molecule has 2 heterocycles. The van der Waals surface area contributed by atoms with Crippen LogP contribution in [-0.2, 0) is 6.54 Å². The van der Waals surface area contributed by atoms with E-state index in [1.165, 1.54) is 32.4 Å². The molecule has 0 bridgehead atoms. The molecule has 16 heavy (non-hydrogen) atoms. The molecule has 1 aliphatic heterocycles. The Balaban J connectivity index is 1.83. The Morgan fingerprint density at radius 3 is 3.00 bits per heavy atom. The monoisotopic (exact) mass is 222 g/mol.